The van der Waals surface area contributed by atoms with Gasteiger partial charge in [0, 0.05) is 50.2 Å². The largest absolute Gasteiger partial charge is 0.368 e. The first kappa shape index (κ1) is 31.5. The Balaban J connectivity index is 1.16. The van der Waals surface area contributed by atoms with E-state index < -0.39 is 0 Å². The minimum Gasteiger partial charge on any atom is -0.368 e. The van der Waals surface area contributed by atoms with Gasteiger partial charge in [-0.25, -0.2) is 15.4 Å². The number of nitrogens with one attached hydrogen (secondary N) is 2. The molecule has 0 bridgehead atoms. The number of rotatable bonds is 13. The maximum atomic E-state index is 13.5. The van der Waals surface area contributed by atoms with Crippen molar-refractivity contribution in [2.75, 3.05) is 42.9 Å². The second-order valence-electron chi connectivity index (χ2n) is 12.0. The van der Waals surface area contributed by atoms with E-state index in [9.17, 15) is 14.4 Å². The van der Waals surface area contributed by atoms with Crippen molar-refractivity contribution in [2.45, 2.75) is 84.1 Å². The summed E-state index contributed by atoms with van der Waals surface area (Å²) in [4.78, 5) is 55.6. The zero-order chi connectivity index (χ0) is 31.1. The van der Waals surface area contributed by atoms with Crippen LogP contribution in [0.4, 0.5) is 17.5 Å². The lowest BCUT2D eigenvalue weighted by atomic mass is 10.0. The van der Waals surface area contributed by atoms with Crippen molar-refractivity contribution in [3.8, 4) is 0 Å². The minimum absolute atomic E-state index is 0.0307. The number of amides is 1. The number of hydrogen-bond donors (Lipinski definition) is 3. The number of hydroxylamine groups is 1. The van der Waals surface area contributed by atoms with Crippen molar-refractivity contribution in [2.24, 2.45) is 0 Å². The zero-order valence-electron chi connectivity index (χ0n) is 25.8. The Morgan fingerprint density at radius 3 is 2.39 bits per heavy atom. The number of ketones is 1. The molecule has 0 spiro atoms. The normalized spacial score (nSPS) is 16.0. The summed E-state index contributed by atoms with van der Waals surface area (Å²) in [5.74, 6) is 0.444. The fraction of sp³-hybridized carbons (Fsp3) is 0.562. The van der Waals surface area contributed by atoms with Crippen LogP contribution in [0.15, 0.2) is 29.3 Å². The SMILES string of the molecule is CC(=O)c1c(C)c2cnc(Nc3ccc(N4CCN(CCCCCCCC(=O)NO)CC4)cn3)nc2n(C2CCCC2)c1=O. The number of carbonyl (C=O) groups excluding carboxylic acids is 2. The zero-order valence-corrected chi connectivity index (χ0v) is 25.8. The quantitative estimate of drug-likeness (QED) is 0.110. The molecule has 3 aromatic heterocycles. The fourth-order valence-corrected chi connectivity index (χ4v) is 6.51. The van der Waals surface area contributed by atoms with Gasteiger partial charge in [-0.3, -0.25) is 29.1 Å². The Morgan fingerprint density at radius 2 is 1.70 bits per heavy atom. The lowest BCUT2D eigenvalue weighted by Gasteiger charge is -2.36. The van der Waals surface area contributed by atoms with Crippen LogP contribution in [0.1, 0.15) is 93.1 Å². The van der Waals surface area contributed by atoms with Gasteiger partial charge >= 0.3 is 0 Å². The van der Waals surface area contributed by atoms with Crippen LogP contribution in [0.5, 0.6) is 0 Å². The molecule has 1 saturated heterocycles. The van der Waals surface area contributed by atoms with Crippen molar-refractivity contribution >= 4 is 40.2 Å². The molecule has 2 aliphatic rings. The Kier molecular flexibility index (Phi) is 10.5. The van der Waals surface area contributed by atoms with Crippen LogP contribution in [0, 0.1) is 6.92 Å². The Hall–Kier alpha value is -3.90. The van der Waals surface area contributed by atoms with E-state index in [1.54, 1.807) is 23.2 Å². The maximum Gasteiger partial charge on any atom is 0.263 e. The van der Waals surface area contributed by atoms with E-state index in [1.165, 1.54) is 6.92 Å². The van der Waals surface area contributed by atoms with Gasteiger partial charge in [-0.2, -0.15) is 4.98 Å². The highest BCUT2D eigenvalue weighted by molar-refractivity contribution is 5.99. The monoisotopic (exact) mass is 604 g/mol. The maximum absolute atomic E-state index is 13.5. The third kappa shape index (κ3) is 7.41. The molecule has 12 nitrogen and oxygen atoms in total. The van der Waals surface area contributed by atoms with E-state index in [0.29, 0.717) is 29.4 Å². The molecular formula is C32H44N8O4. The van der Waals surface area contributed by atoms with Crippen molar-refractivity contribution in [1.29, 1.82) is 0 Å². The fourth-order valence-electron chi connectivity index (χ4n) is 6.51. The van der Waals surface area contributed by atoms with Crippen molar-refractivity contribution in [3.05, 3.63) is 46.0 Å². The summed E-state index contributed by atoms with van der Waals surface area (Å²) in [7, 11) is 0. The van der Waals surface area contributed by atoms with E-state index in [-0.39, 0.29) is 28.9 Å². The Morgan fingerprint density at radius 1 is 0.977 bits per heavy atom. The molecule has 1 aliphatic carbocycles. The van der Waals surface area contributed by atoms with E-state index in [0.717, 1.165) is 102 Å². The third-order valence-corrected chi connectivity index (χ3v) is 8.98. The summed E-state index contributed by atoms with van der Waals surface area (Å²) in [5.41, 5.74) is 3.91. The molecule has 0 unspecified atom stereocenters. The van der Waals surface area contributed by atoms with Crippen molar-refractivity contribution < 1.29 is 14.8 Å². The summed E-state index contributed by atoms with van der Waals surface area (Å²) in [5, 5.41) is 12.5. The number of Topliss-reactive ketones (excluding diaryl/α,β-unsaturated/α-hetero) is 1. The van der Waals surface area contributed by atoms with Crippen LogP contribution in [0.2, 0.25) is 0 Å². The van der Waals surface area contributed by atoms with Crippen LogP contribution in [-0.2, 0) is 4.79 Å². The van der Waals surface area contributed by atoms with Gasteiger partial charge in [-0.15, -0.1) is 0 Å². The average Bonchev–Trinajstić information content (AvgIpc) is 3.55. The number of pyridine rings is 2. The number of hydrogen-bond acceptors (Lipinski definition) is 10. The molecule has 0 atom stereocenters. The van der Waals surface area contributed by atoms with Crippen LogP contribution in [0.25, 0.3) is 11.0 Å². The molecule has 4 heterocycles. The van der Waals surface area contributed by atoms with Crippen LogP contribution < -0.4 is 21.3 Å². The van der Waals surface area contributed by atoms with E-state index in [1.807, 2.05) is 12.3 Å². The van der Waals surface area contributed by atoms with Gasteiger partial charge in [0.25, 0.3) is 5.56 Å². The second kappa shape index (κ2) is 14.7. The molecule has 5 rings (SSSR count). The highest BCUT2D eigenvalue weighted by atomic mass is 16.5. The van der Waals surface area contributed by atoms with E-state index in [2.05, 4.69) is 31.2 Å². The lowest BCUT2D eigenvalue weighted by molar-refractivity contribution is -0.129. The molecular weight excluding hydrogens is 560 g/mol. The average molecular weight is 605 g/mol. The first-order chi connectivity index (χ1) is 21.4. The summed E-state index contributed by atoms with van der Waals surface area (Å²) < 4.78 is 1.72. The first-order valence-corrected chi connectivity index (χ1v) is 15.9. The number of anilines is 3. The number of carbonyl (C=O) groups is 2. The minimum atomic E-state index is -0.309. The number of aromatic nitrogens is 4. The second-order valence-corrected chi connectivity index (χ2v) is 12.0. The van der Waals surface area contributed by atoms with Gasteiger partial charge in [0.1, 0.15) is 11.5 Å². The molecule has 2 fully saturated rings. The third-order valence-electron chi connectivity index (χ3n) is 8.98. The molecule has 3 aromatic rings. The summed E-state index contributed by atoms with van der Waals surface area (Å²) in [6.45, 7) is 8.23. The van der Waals surface area contributed by atoms with Gasteiger partial charge < -0.3 is 10.2 Å². The molecule has 0 radical (unpaired) electrons. The highest BCUT2D eigenvalue weighted by Crippen LogP contribution is 2.32. The molecule has 1 aliphatic heterocycles. The number of piperazine rings is 1. The number of nitrogens with zero attached hydrogens (tertiary/aromatic N) is 6. The van der Waals surface area contributed by atoms with Gasteiger partial charge in [0.2, 0.25) is 11.9 Å². The molecule has 44 heavy (non-hydrogen) atoms. The van der Waals surface area contributed by atoms with Crippen LogP contribution in [0.3, 0.4) is 0 Å². The summed E-state index contributed by atoms with van der Waals surface area (Å²) in [6.07, 6.45) is 13.1. The molecule has 1 saturated carbocycles. The van der Waals surface area contributed by atoms with E-state index >= 15 is 0 Å². The molecule has 3 N–H and O–H groups in total. The topological polar surface area (TPSA) is 146 Å². The van der Waals surface area contributed by atoms with Crippen molar-refractivity contribution in [3.63, 3.8) is 0 Å². The van der Waals surface area contributed by atoms with Gasteiger partial charge in [-0.1, -0.05) is 32.1 Å². The molecule has 0 aromatic carbocycles. The molecule has 236 valence electrons. The van der Waals surface area contributed by atoms with Gasteiger partial charge in [-0.05, 0) is 63.8 Å². The number of unbranched alkanes of at least 4 members (excludes halogenated alkanes) is 4. The summed E-state index contributed by atoms with van der Waals surface area (Å²) >= 11 is 0. The standard InChI is InChI=1S/C32H44N8O4/c1-22-26-21-34-32(36-30(26)40(24-10-7-8-11-24)31(43)29(22)23(2)41)35-27-14-13-25(20-33-27)39-18-16-38(17-19-39)15-9-5-3-4-6-12-28(42)37-44/h13-14,20-21,24,44H,3-12,15-19H2,1-2H3,(H,37,42)(H,33,34,35,36). The predicted molar refractivity (Wildman–Crippen MR) is 170 cm³/mol. The Bertz CT molecular complexity index is 1510. The predicted octanol–water partition coefficient (Wildman–Crippen LogP) is 4.52. The Labute approximate surface area is 257 Å². The van der Waals surface area contributed by atoms with Gasteiger partial charge in [0.05, 0.1) is 17.4 Å². The summed E-state index contributed by atoms with van der Waals surface area (Å²) in [6, 6.07) is 4.01. The molecule has 1 amide bonds. The number of fused-ring (bicyclic) bond motifs is 1. The smallest absolute Gasteiger partial charge is 0.263 e. The first-order valence-electron chi connectivity index (χ1n) is 15.9. The van der Waals surface area contributed by atoms with Crippen LogP contribution in [-0.4, -0.2) is 74.0 Å². The van der Waals surface area contributed by atoms with Crippen LogP contribution >= 0.6 is 0 Å². The highest BCUT2D eigenvalue weighted by Gasteiger charge is 2.26. The molecule has 12 heteroatoms. The van der Waals surface area contributed by atoms with Gasteiger partial charge in [0.15, 0.2) is 5.78 Å². The number of aryl methyl sites for hydroxylation is 1. The lowest BCUT2D eigenvalue weighted by Crippen LogP contribution is -2.46. The van der Waals surface area contributed by atoms with E-state index in [4.69, 9.17) is 10.2 Å². The van der Waals surface area contributed by atoms with Crippen molar-refractivity contribution in [1.82, 2.24) is 29.9 Å².